The molecule has 16 N–H and O–H groups in total. The summed E-state index contributed by atoms with van der Waals surface area (Å²) in [5, 5.41) is 0. The van der Waals surface area contributed by atoms with Crippen LogP contribution < -0.4 is 0 Å². The molecule has 0 radical (unpaired) electrons. The SMILES string of the molecule is O.O.O.O.O.O.O.O.[BaH2]. The summed E-state index contributed by atoms with van der Waals surface area (Å²) in [6, 6.07) is 0. The molecular formula is H18BaO8. The van der Waals surface area contributed by atoms with Crippen molar-refractivity contribution in [3.8, 4) is 0 Å². The Kier molecular flexibility index (Phi) is 25000. The molecule has 0 unspecified atom stereocenters. The van der Waals surface area contributed by atoms with E-state index in [1.165, 1.54) is 0 Å². The zero-order valence-corrected chi connectivity index (χ0v) is 4.00. The second kappa shape index (κ2) is 402. The maximum atomic E-state index is 0. The predicted molar refractivity (Wildman–Crippen MR) is 37.5 cm³/mol. The molecule has 0 rings (SSSR count). The molecule has 0 saturated heterocycles. The third-order valence-electron chi connectivity index (χ3n) is 0. The fraction of sp³-hybridized carbons (Fsp3) is 0. The van der Waals surface area contributed by atoms with Crippen molar-refractivity contribution in [1.29, 1.82) is 0 Å². The van der Waals surface area contributed by atoms with E-state index in [2.05, 4.69) is 0 Å². The van der Waals surface area contributed by atoms with Crippen molar-refractivity contribution in [2.24, 2.45) is 0 Å². The molecule has 0 aliphatic carbocycles. The van der Waals surface area contributed by atoms with Gasteiger partial charge in [-0.1, -0.05) is 0 Å². The average Bonchev–Trinajstić information content (AvgIpc) is 0. The molecule has 0 spiro atoms. The van der Waals surface area contributed by atoms with E-state index < -0.39 is 0 Å². The van der Waals surface area contributed by atoms with Crippen LogP contribution in [0.5, 0.6) is 0 Å². The standard InChI is InChI=1S/Ba.8H2O.2H/h;8*1H2;;. The van der Waals surface area contributed by atoms with Crippen LogP contribution in [0.2, 0.25) is 0 Å². The van der Waals surface area contributed by atoms with Crippen molar-refractivity contribution >= 4 is 48.9 Å². The summed E-state index contributed by atoms with van der Waals surface area (Å²) in [4.78, 5) is 0. The molecule has 8 nitrogen and oxygen atoms in total. The van der Waals surface area contributed by atoms with Crippen molar-refractivity contribution in [1.82, 2.24) is 0 Å². The van der Waals surface area contributed by atoms with E-state index in [-0.39, 0.29) is 92.7 Å². The Balaban J connectivity index is 0. The van der Waals surface area contributed by atoms with E-state index in [9.17, 15) is 0 Å². The van der Waals surface area contributed by atoms with Crippen LogP contribution in [-0.2, 0) is 0 Å². The monoisotopic (exact) mass is 284 g/mol. The summed E-state index contributed by atoms with van der Waals surface area (Å²) in [5.74, 6) is 0. The molecule has 68 valence electrons. The van der Waals surface area contributed by atoms with E-state index in [4.69, 9.17) is 0 Å². The van der Waals surface area contributed by atoms with Gasteiger partial charge in [0.25, 0.3) is 0 Å². The summed E-state index contributed by atoms with van der Waals surface area (Å²) in [6.07, 6.45) is 0. The quantitative estimate of drug-likeness (QED) is 0.375. The van der Waals surface area contributed by atoms with Crippen LogP contribution in [-0.4, -0.2) is 92.7 Å². The Morgan fingerprint density at radius 2 is 0.222 bits per heavy atom. The molecule has 0 bridgehead atoms. The van der Waals surface area contributed by atoms with E-state index in [0.29, 0.717) is 0 Å². The zero-order valence-electron chi connectivity index (χ0n) is 4.00. The molecule has 0 aliphatic heterocycles. The predicted octanol–water partition coefficient (Wildman–Crippen LogP) is -7.51. The first-order chi connectivity index (χ1) is 0. The zero-order chi connectivity index (χ0) is 0. The topological polar surface area (TPSA) is 252 Å². The summed E-state index contributed by atoms with van der Waals surface area (Å²) < 4.78 is 0. The van der Waals surface area contributed by atoms with Crippen LogP contribution in [0.25, 0.3) is 0 Å². The third kappa shape index (κ3) is 311. The van der Waals surface area contributed by atoms with Gasteiger partial charge in [-0.05, 0) is 0 Å². The Morgan fingerprint density at radius 1 is 0.222 bits per heavy atom. The molecule has 0 atom stereocenters. The number of hydrogen-bond donors (Lipinski definition) is 0. The first-order valence-electron chi connectivity index (χ1n) is 0. The molecule has 0 fully saturated rings. The van der Waals surface area contributed by atoms with Gasteiger partial charge in [0.1, 0.15) is 0 Å². The molecular weight excluding hydrogens is 265 g/mol. The van der Waals surface area contributed by atoms with Gasteiger partial charge >= 0.3 is 48.9 Å². The minimum absolute atomic E-state index is 0. The van der Waals surface area contributed by atoms with Crippen LogP contribution in [0, 0.1) is 0 Å². The maximum absolute atomic E-state index is 0. The van der Waals surface area contributed by atoms with E-state index in [0.717, 1.165) is 0 Å². The summed E-state index contributed by atoms with van der Waals surface area (Å²) in [6.45, 7) is 0. The van der Waals surface area contributed by atoms with Gasteiger partial charge in [0.15, 0.2) is 0 Å². The summed E-state index contributed by atoms with van der Waals surface area (Å²) in [5.41, 5.74) is 0. The number of rotatable bonds is 0. The average molecular weight is 283 g/mol. The van der Waals surface area contributed by atoms with E-state index in [1.54, 1.807) is 0 Å². The van der Waals surface area contributed by atoms with Crippen LogP contribution in [0.3, 0.4) is 0 Å². The molecule has 9 heteroatoms. The van der Waals surface area contributed by atoms with Gasteiger partial charge in [0.05, 0.1) is 0 Å². The van der Waals surface area contributed by atoms with Crippen molar-refractivity contribution in [2.45, 2.75) is 0 Å². The Hall–Kier alpha value is 1.25. The molecule has 0 aromatic carbocycles. The van der Waals surface area contributed by atoms with E-state index >= 15 is 0 Å². The first kappa shape index (κ1) is 560. The van der Waals surface area contributed by atoms with Gasteiger partial charge in [-0.2, -0.15) is 0 Å². The third-order valence-corrected chi connectivity index (χ3v) is 0. The van der Waals surface area contributed by atoms with Crippen LogP contribution in [0.1, 0.15) is 0 Å². The van der Waals surface area contributed by atoms with Crippen molar-refractivity contribution in [3.63, 3.8) is 0 Å². The van der Waals surface area contributed by atoms with E-state index in [1.807, 2.05) is 0 Å². The number of hydrogen-bond acceptors (Lipinski definition) is 0. The second-order valence-corrected chi connectivity index (χ2v) is 0. The molecule has 0 heterocycles. The Morgan fingerprint density at radius 3 is 0.222 bits per heavy atom. The van der Waals surface area contributed by atoms with Crippen molar-refractivity contribution in [2.75, 3.05) is 0 Å². The van der Waals surface area contributed by atoms with Gasteiger partial charge in [-0.25, -0.2) is 0 Å². The molecule has 0 saturated carbocycles. The van der Waals surface area contributed by atoms with Gasteiger partial charge < -0.3 is 43.8 Å². The van der Waals surface area contributed by atoms with Crippen LogP contribution in [0.4, 0.5) is 0 Å². The molecule has 0 aromatic rings. The first-order valence-corrected chi connectivity index (χ1v) is 0. The molecule has 0 aliphatic rings. The normalized spacial score (nSPS) is 0. The van der Waals surface area contributed by atoms with Gasteiger partial charge in [0.2, 0.25) is 0 Å². The van der Waals surface area contributed by atoms with Crippen molar-refractivity contribution in [3.05, 3.63) is 0 Å². The Labute approximate surface area is 91.8 Å². The summed E-state index contributed by atoms with van der Waals surface area (Å²) in [7, 11) is 0. The van der Waals surface area contributed by atoms with Crippen molar-refractivity contribution < 1.29 is 43.8 Å². The van der Waals surface area contributed by atoms with Gasteiger partial charge in [-0.3, -0.25) is 0 Å². The Bertz CT molecular complexity index is 4.53. The minimum atomic E-state index is 0. The summed E-state index contributed by atoms with van der Waals surface area (Å²) >= 11 is 0. The second-order valence-electron chi connectivity index (χ2n) is 0. The van der Waals surface area contributed by atoms with Gasteiger partial charge in [-0.15, -0.1) is 0 Å². The fourth-order valence-electron chi connectivity index (χ4n) is 0. The molecule has 9 heavy (non-hydrogen) atoms. The molecule has 0 aromatic heterocycles. The molecule has 0 amide bonds. The van der Waals surface area contributed by atoms with Crippen LogP contribution >= 0.6 is 0 Å². The van der Waals surface area contributed by atoms with Gasteiger partial charge in [0, 0.05) is 0 Å². The van der Waals surface area contributed by atoms with Crippen LogP contribution in [0.15, 0.2) is 0 Å². The fourth-order valence-corrected chi connectivity index (χ4v) is 0.